The Kier molecular flexibility index (Phi) is 7.75. The van der Waals surface area contributed by atoms with Crippen LogP contribution in [0.3, 0.4) is 0 Å². The van der Waals surface area contributed by atoms with Crippen molar-refractivity contribution in [2.45, 2.75) is 86.0 Å². The summed E-state index contributed by atoms with van der Waals surface area (Å²) in [6.07, 6.45) is 9.46. The van der Waals surface area contributed by atoms with Crippen molar-refractivity contribution in [3.8, 4) is 0 Å². The van der Waals surface area contributed by atoms with Crippen LogP contribution in [0.2, 0.25) is 0 Å². The maximum Gasteiger partial charge on any atom is 0.328 e. The summed E-state index contributed by atoms with van der Waals surface area (Å²) in [5.41, 5.74) is 2.56. The second kappa shape index (κ2) is 9.49. The van der Waals surface area contributed by atoms with Crippen LogP contribution in [-0.2, 0) is 14.3 Å². The number of fused-ring (bicyclic) bond motifs is 1. The fourth-order valence-electron chi connectivity index (χ4n) is 5.97. The molecule has 1 N–H and O–H groups in total. The summed E-state index contributed by atoms with van der Waals surface area (Å²) >= 11 is 0. The van der Waals surface area contributed by atoms with Gasteiger partial charge in [-0.1, -0.05) is 53.2 Å². The van der Waals surface area contributed by atoms with Crippen LogP contribution in [0.4, 0.5) is 0 Å². The molecule has 0 bridgehead atoms. The van der Waals surface area contributed by atoms with E-state index in [-0.39, 0.29) is 23.9 Å². The fraction of sp³-hybridized carbons (Fsp3) is 0.760. The Morgan fingerprint density at radius 1 is 1.31 bits per heavy atom. The molecule has 0 aromatic rings. The second-order valence-corrected chi connectivity index (χ2v) is 10.2. The molecule has 4 unspecified atom stereocenters. The molecule has 2 saturated carbocycles. The van der Waals surface area contributed by atoms with Gasteiger partial charge in [-0.05, 0) is 73.2 Å². The van der Waals surface area contributed by atoms with Crippen LogP contribution in [0, 0.1) is 28.6 Å². The summed E-state index contributed by atoms with van der Waals surface area (Å²) in [7, 11) is 0. The molecule has 0 aromatic heterocycles. The van der Waals surface area contributed by atoms with Gasteiger partial charge in [0.05, 0.1) is 5.92 Å². The third kappa shape index (κ3) is 5.52. The van der Waals surface area contributed by atoms with E-state index in [1.165, 1.54) is 37.3 Å². The van der Waals surface area contributed by atoms with Gasteiger partial charge in [0.2, 0.25) is 0 Å². The summed E-state index contributed by atoms with van der Waals surface area (Å²) in [5, 5.41) is 9.27. The molecule has 164 valence electrons. The average Bonchev–Trinajstić information content (AvgIpc) is 2.63. The van der Waals surface area contributed by atoms with Crippen LogP contribution in [0.5, 0.6) is 0 Å². The Labute approximate surface area is 176 Å². The minimum absolute atomic E-state index is 0.0697. The number of hydrogen-bond donors (Lipinski definition) is 1. The molecule has 0 heterocycles. The Morgan fingerprint density at radius 3 is 2.62 bits per heavy atom. The van der Waals surface area contributed by atoms with Gasteiger partial charge in [0.25, 0.3) is 0 Å². The summed E-state index contributed by atoms with van der Waals surface area (Å²) in [6.45, 7) is 15.5. The minimum atomic E-state index is -0.982. The maximum absolute atomic E-state index is 12.0. The molecule has 0 amide bonds. The van der Waals surface area contributed by atoms with Crippen molar-refractivity contribution in [2.24, 2.45) is 28.6 Å². The number of esters is 1. The molecular formula is C25H40O4. The maximum atomic E-state index is 12.0. The third-order valence-corrected chi connectivity index (χ3v) is 7.82. The number of carboxylic acids is 1. The van der Waals surface area contributed by atoms with E-state index in [4.69, 9.17) is 4.74 Å². The highest BCUT2D eigenvalue weighted by Gasteiger charge is 2.52. The first-order valence-corrected chi connectivity index (χ1v) is 11.3. The van der Waals surface area contributed by atoms with Gasteiger partial charge in [0, 0.05) is 6.08 Å². The third-order valence-electron chi connectivity index (χ3n) is 7.82. The first-order chi connectivity index (χ1) is 13.5. The first-order valence-electron chi connectivity index (χ1n) is 11.3. The van der Waals surface area contributed by atoms with Crippen LogP contribution in [0.1, 0.15) is 86.0 Å². The van der Waals surface area contributed by atoms with Crippen molar-refractivity contribution in [1.29, 1.82) is 0 Å². The molecule has 0 radical (unpaired) electrons. The SMILES string of the molecule is C=C1CCC2C(C)(C)CCCC2(C)C1CCC(=CC(=O)O)COC(=O)C(C)CC. The molecule has 0 aliphatic heterocycles. The van der Waals surface area contributed by atoms with Gasteiger partial charge >= 0.3 is 11.9 Å². The highest BCUT2D eigenvalue weighted by Crippen LogP contribution is 2.61. The predicted molar refractivity (Wildman–Crippen MR) is 116 cm³/mol. The molecular weight excluding hydrogens is 364 g/mol. The van der Waals surface area contributed by atoms with Crippen LogP contribution >= 0.6 is 0 Å². The number of carboxylic acid groups (broad SMARTS) is 1. The van der Waals surface area contributed by atoms with Crippen LogP contribution in [-0.4, -0.2) is 23.7 Å². The Bertz CT molecular complexity index is 660. The van der Waals surface area contributed by atoms with Crippen LogP contribution in [0.15, 0.2) is 23.8 Å². The summed E-state index contributed by atoms with van der Waals surface area (Å²) in [4.78, 5) is 23.3. The molecule has 0 aromatic carbocycles. The second-order valence-electron chi connectivity index (χ2n) is 10.2. The number of hydrogen-bond acceptors (Lipinski definition) is 3. The van der Waals surface area contributed by atoms with E-state index < -0.39 is 5.97 Å². The Morgan fingerprint density at radius 2 is 2.00 bits per heavy atom. The molecule has 4 atom stereocenters. The lowest BCUT2D eigenvalue weighted by Crippen LogP contribution is -2.49. The zero-order valence-electron chi connectivity index (χ0n) is 19.1. The zero-order valence-corrected chi connectivity index (χ0v) is 19.1. The van der Waals surface area contributed by atoms with Gasteiger partial charge in [-0.15, -0.1) is 0 Å². The van der Waals surface area contributed by atoms with Gasteiger partial charge in [-0.25, -0.2) is 4.79 Å². The van der Waals surface area contributed by atoms with Gasteiger partial charge in [0.15, 0.2) is 0 Å². The Hall–Kier alpha value is -1.58. The van der Waals surface area contributed by atoms with Crippen LogP contribution < -0.4 is 0 Å². The summed E-state index contributed by atoms with van der Waals surface area (Å²) < 4.78 is 5.40. The number of carbonyl (C=O) groups excluding carboxylic acids is 1. The smallest absolute Gasteiger partial charge is 0.328 e. The molecule has 0 saturated heterocycles. The van der Waals surface area contributed by atoms with Crippen molar-refractivity contribution in [3.05, 3.63) is 23.8 Å². The van der Waals surface area contributed by atoms with E-state index in [2.05, 4.69) is 27.4 Å². The van der Waals surface area contributed by atoms with E-state index in [1.807, 2.05) is 13.8 Å². The lowest BCUT2D eigenvalue weighted by molar-refractivity contribution is -0.147. The van der Waals surface area contributed by atoms with Gasteiger partial charge in [-0.3, -0.25) is 4.79 Å². The molecule has 2 aliphatic carbocycles. The van der Waals surface area contributed by atoms with E-state index in [0.29, 0.717) is 35.7 Å². The van der Waals surface area contributed by atoms with E-state index >= 15 is 0 Å². The van der Waals surface area contributed by atoms with E-state index in [9.17, 15) is 14.7 Å². The molecule has 2 rings (SSSR count). The van der Waals surface area contributed by atoms with E-state index in [1.54, 1.807) is 0 Å². The highest BCUT2D eigenvalue weighted by molar-refractivity contribution is 5.81. The van der Waals surface area contributed by atoms with Crippen molar-refractivity contribution >= 4 is 11.9 Å². The first kappa shape index (κ1) is 23.7. The summed E-state index contributed by atoms with van der Waals surface area (Å²) in [5.74, 6) is -0.335. The van der Waals surface area contributed by atoms with Crippen molar-refractivity contribution < 1.29 is 19.4 Å². The van der Waals surface area contributed by atoms with Crippen molar-refractivity contribution in [1.82, 2.24) is 0 Å². The molecule has 4 heteroatoms. The minimum Gasteiger partial charge on any atom is -0.478 e. The molecule has 2 fully saturated rings. The largest absolute Gasteiger partial charge is 0.478 e. The normalized spacial score (nSPS) is 30.4. The highest BCUT2D eigenvalue weighted by atomic mass is 16.5. The van der Waals surface area contributed by atoms with Gasteiger partial charge < -0.3 is 9.84 Å². The van der Waals surface area contributed by atoms with Gasteiger partial charge in [0.1, 0.15) is 6.61 Å². The van der Waals surface area contributed by atoms with Crippen molar-refractivity contribution in [2.75, 3.05) is 6.61 Å². The van der Waals surface area contributed by atoms with Crippen LogP contribution in [0.25, 0.3) is 0 Å². The topological polar surface area (TPSA) is 63.6 Å². The number of rotatable bonds is 8. The lowest BCUT2D eigenvalue weighted by atomic mass is 9.47. The number of carbonyl (C=O) groups is 2. The number of aliphatic carboxylic acids is 1. The monoisotopic (exact) mass is 404 g/mol. The molecule has 2 aliphatic rings. The number of allylic oxidation sites excluding steroid dienone is 1. The molecule has 0 spiro atoms. The van der Waals surface area contributed by atoms with E-state index in [0.717, 1.165) is 12.8 Å². The standard InChI is InChI=1S/C25H40O4/c1-7-17(2)23(28)29-16-19(15-22(26)27)10-11-20-18(3)9-12-21-24(4,5)13-8-14-25(20,21)6/h15,17,20-21H,3,7-14,16H2,1-2,4-6H3,(H,26,27). The predicted octanol–water partition coefficient (Wildman–Crippen LogP) is 6.17. The van der Waals surface area contributed by atoms with Crippen molar-refractivity contribution in [3.63, 3.8) is 0 Å². The molecule has 29 heavy (non-hydrogen) atoms. The number of ether oxygens (including phenoxy) is 1. The summed E-state index contributed by atoms with van der Waals surface area (Å²) in [6, 6.07) is 0. The molecule has 4 nitrogen and oxygen atoms in total. The zero-order chi connectivity index (χ0) is 21.8. The Balaban J connectivity index is 2.11. The lowest BCUT2D eigenvalue weighted by Gasteiger charge is -2.58. The quantitative estimate of drug-likeness (QED) is 0.299. The fourth-order valence-corrected chi connectivity index (χ4v) is 5.97. The van der Waals surface area contributed by atoms with Gasteiger partial charge in [-0.2, -0.15) is 0 Å². The average molecular weight is 405 g/mol.